The van der Waals surface area contributed by atoms with Gasteiger partial charge in [-0.1, -0.05) is 42.5 Å². The third-order valence-corrected chi connectivity index (χ3v) is 2.72. The summed E-state index contributed by atoms with van der Waals surface area (Å²) in [7, 11) is 0. The predicted octanol–water partition coefficient (Wildman–Crippen LogP) is 1.77. The number of benzene rings is 1. The average molecular weight is 203 g/mol. The van der Waals surface area contributed by atoms with Gasteiger partial charge in [0.25, 0.3) is 0 Å². The maximum absolute atomic E-state index is 9.35. The Morgan fingerprint density at radius 3 is 2.80 bits per heavy atom. The van der Waals surface area contributed by atoms with Crippen molar-refractivity contribution in [3.8, 4) is 0 Å². The van der Waals surface area contributed by atoms with Crippen molar-refractivity contribution in [2.24, 2.45) is 0 Å². The van der Waals surface area contributed by atoms with Gasteiger partial charge in [0.05, 0.1) is 6.10 Å². The topological polar surface area (TPSA) is 23.5 Å². The molecule has 1 aromatic rings. The minimum Gasteiger partial charge on any atom is -0.392 e. The van der Waals surface area contributed by atoms with Crippen LogP contribution in [0.5, 0.6) is 0 Å². The summed E-state index contributed by atoms with van der Waals surface area (Å²) in [6.45, 7) is 2.77. The summed E-state index contributed by atoms with van der Waals surface area (Å²) in [5.41, 5.74) is 1.23. The van der Waals surface area contributed by atoms with Crippen LogP contribution in [0.2, 0.25) is 0 Å². The van der Waals surface area contributed by atoms with Gasteiger partial charge in [-0.25, -0.2) is 0 Å². The summed E-state index contributed by atoms with van der Waals surface area (Å²) >= 11 is 0. The Morgan fingerprint density at radius 1 is 1.33 bits per heavy atom. The second kappa shape index (κ2) is 5.10. The largest absolute Gasteiger partial charge is 0.392 e. The number of hydrogen-bond donors (Lipinski definition) is 1. The molecule has 2 heteroatoms. The third-order valence-electron chi connectivity index (χ3n) is 2.72. The number of nitrogens with zero attached hydrogens (tertiary/aromatic N) is 1. The second-order valence-electron chi connectivity index (χ2n) is 4.02. The maximum atomic E-state index is 9.35. The highest BCUT2D eigenvalue weighted by atomic mass is 16.3. The van der Waals surface area contributed by atoms with E-state index in [1.807, 2.05) is 18.2 Å². The molecule has 1 aliphatic rings. The number of β-amino-alcohol motifs (C(OH)–C–C–N with tert-alkyl or cyclic N) is 1. The van der Waals surface area contributed by atoms with E-state index in [-0.39, 0.29) is 6.10 Å². The van der Waals surface area contributed by atoms with E-state index in [0.717, 1.165) is 26.1 Å². The van der Waals surface area contributed by atoms with E-state index in [9.17, 15) is 5.11 Å². The van der Waals surface area contributed by atoms with Gasteiger partial charge in [0.1, 0.15) is 0 Å². The van der Waals surface area contributed by atoms with Gasteiger partial charge in [0.2, 0.25) is 0 Å². The van der Waals surface area contributed by atoms with Crippen molar-refractivity contribution in [1.29, 1.82) is 0 Å². The molecular weight excluding hydrogens is 186 g/mol. The molecule has 1 N–H and O–H groups in total. The molecule has 1 heterocycles. The summed E-state index contributed by atoms with van der Waals surface area (Å²) in [6.07, 6.45) is 5.09. The molecule has 1 saturated heterocycles. The van der Waals surface area contributed by atoms with Gasteiger partial charge in [-0.2, -0.15) is 0 Å². The first-order valence-corrected chi connectivity index (χ1v) is 5.46. The Labute approximate surface area is 90.8 Å². The summed E-state index contributed by atoms with van der Waals surface area (Å²) in [5, 5.41) is 9.35. The Hall–Kier alpha value is -1.12. The molecule has 2 nitrogen and oxygen atoms in total. The van der Waals surface area contributed by atoms with Gasteiger partial charge >= 0.3 is 0 Å². The lowest BCUT2D eigenvalue weighted by molar-refractivity contribution is 0.179. The van der Waals surface area contributed by atoms with Crippen molar-refractivity contribution in [3.05, 3.63) is 42.0 Å². The van der Waals surface area contributed by atoms with E-state index in [0.29, 0.717) is 0 Å². The number of likely N-dealkylation sites (tertiary alicyclic amines) is 1. The van der Waals surface area contributed by atoms with Gasteiger partial charge in [-0.15, -0.1) is 0 Å². The van der Waals surface area contributed by atoms with Gasteiger partial charge < -0.3 is 5.11 Å². The molecule has 1 aliphatic heterocycles. The number of aliphatic hydroxyl groups is 1. The van der Waals surface area contributed by atoms with Crippen molar-refractivity contribution >= 4 is 6.08 Å². The maximum Gasteiger partial charge on any atom is 0.0679 e. The fourth-order valence-electron chi connectivity index (χ4n) is 1.88. The standard InChI is InChI=1S/C13H17NO/c15-13-8-10-14(11-13)9-4-7-12-5-2-1-3-6-12/h1-7,13,15H,8-11H2/b7-4+. The lowest BCUT2D eigenvalue weighted by Crippen LogP contribution is -2.21. The van der Waals surface area contributed by atoms with Gasteiger partial charge in [-0.05, 0) is 12.0 Å². The fraction of sp³-hybridized carbons (Fsp3) is 0.385. The molecule has 2 rings (SSSR count). The smallest absolute Gasteiger partial charge is 0.0679 e. The lowest BCUT2D eigenvalue weighted by Gasteiger charge is -2.10. The molecule has 1 fully saturated rings. The van der Waals surface area contributed by atoms with Gasteiger partial charge in [0.15, 0.2) is 0 Å². The first-order valence-electron chi connectivity index (χ1n) is 5.46. The molecule has 0 spiro atoms. The highest BCUT2D eigenvalue weighted by Gasteiger charge is 2.18. The first-order chi connectivity index (χ1) is 7.34. The Morgan fingerprint density at radius 2 is 2.13 bits per heavy atom. The quantitative estimate of drug-likeness (QED) is 0.809. The third kappa shape index (κ3) is 3.18. The van der Waals surface area contributed by atoms with Crippen molar-refractivity contribution in [1.82, 2.24) is 4.90 Å². The van der Waals surface area contributed by atoms with Crippen LogP contribution in [0.1, 0.15) is 12.0 Å². The molecule has 0 bridgehead atoms. The molecule has 0 aromatic heterocycles. The molecule has 0 amide bonds. The van der Waals surface area contributed by atoms with Crippen LogP contribution in [-0.2, 0) is 0 Å². The van der Waals surface area contributed by atoms with E-state index >= 15 is 0 Å². The summed E-state index contributed by atoms with van der Waals surface area (Å²) in [5.74, 6) is 0. The molecule has 80 valence electrons. The molecular formula is C13H17NO. The van der Waals surface area contributed by atoms with Crippen LogP contribution in [0.25, 0.3) is 6.08 Å². The molecule has 0 radical (unpaired) electrons. The average Bonchev–Trinajstić information content (AvgIpc) is 2.66. The zero-order valence-electron chi connectivity index (χ0n) is 8.84. The van der Waals surface area contributed by atoms with E-state index in [1.165, 1.54) is 5.56 Å². The zero-order valence-corrected chi connectivity index (χ0v) is 8.84. The van der Waals surface area contributed by atoms with Crippen LogP contribution in [-0.4, -0.2) is 35.7 Å². The van der Waals surface area contributed by atoms with Crippen LogP contribution in [0.15, 0.2) is 36.4 Å². The molecule has 0 aliphatic carbocycles. The van der Waals surface area contributed by atoms with Crippen LogP contribution < -0.4 is 0 Å². The van der Waals surface area contributed by atoms with Crippen LogP contribution in [0, 0.1) is 0 Å². The Kier molecular flexibility index (Phi) is 3.54. The highest BCUT2D eigenvalue weighted by Crippen LogP contribution is 2.08. The number of rotatable bonds is 3. The zero-order chi connectivity index (χ0) is 10.5. The van der Waals surface area contributed by atoms with Crippen LogP contribution >= 0.6 is 0 Å². The van der Waals surface area contributed by atoms with Crippen LogP contribution in [0.3, 0.4) is 0 Å². The van der Waals surface area contributed by atoms with Crippen molar-refractivity contribution < 1.29 is 5.11 Å². The molecule has 15 heavy (non-hydrogen) atoms. The van der Waals surface area contributed by atoms with E-state index in [2.05, 4.69) is 29.2 Å². The van der Waals surface area contributed by atoms with Crippen molar-refractivity contribution in [2.45, 2.75) is 12.5 Å². The summed E-state index contributed by atoms with van der Waals surface area (Å²) < 4.78 is 0. The summed E-state index contributed by atoms with van der Waals surface area (Å²) in [4.78, 5) is 2.27. The van der Waals surface area contributed by atoms with Crippen molar-refractivity contribution in [2.75, 3.05) is 19.6 Å². The van der Waals surface area contributed by atoms with E-state index in [1.54, 1.807) is 0 Å². The molecule has 1 unspecified atom stereocenters. The predicted molar refractivity (Wildman–Crippen MR) is 62.5 cm³/mol. The Bertz CT molecular complexity index is 321. The van der Waals surface area contributed by atoms with Gasteiger partial charge in [-0.3, -0.25) is 4.90 Å². The lowest BCUT2D eigenvalue weighted by atomic mass is 10.2. The molecule has 1 atom stereocenters. The van der Waals surface area contributed by atoms with Gasteiger partial charge in [0, 0.05) is 19.6 Å². The normalized spacial score (nSPS) is 22.6. The Balaban J connectivity index is 1.81. The SMILES string of the molecule is OC1CCN(C/C=C/c2ccccc2)C1. The molecule has 1 aromatic carbocycles. The van der Waals surface area contributed by atoms with Crippen molar-refractivity contribution in [3.63, 3.8) is 0 Å². The fourth-order valence-corrected chi connectivity index (χ4v) is 1.88. The van der Waals surface area contributed by atoms with E-state index < -0.39 is 0 Å². The number of aliphatic hydroxyl groups excluding tert-OH is 1. The first kappa shape index (κ1) is 10.4. The van der Waals surface area contributed by atoms with E-state index in [4.69, 9.17) is 0 Å². The van der Waals surface area contributed by atoms with Crippen LogP contribution in [0.4, 0.5) is 0 Å². The minimum absolute atomic E-state index is 0.116. The minimum atomic E-state index is -0.116. The second-order valence-corrected chi connectivity index (χ2v) is 4.02. The summed E-state index contributed by atoms with van der Waals surface area (Å²) in [6, 6.07) is 10.3. The highest BCUT2D eigenvalue weighted by molar-refractivity contribution is 5.48. The monoisotopic (exact) mass is 203 g/mol. The number of hydrogen-bond acceptors (Lipinski definition) is 2. The molecule has 0 saturated carbocycles.